The molecule has 1 aromatic carbocycles. The molecule has 1 atom stereocenters. The van der Waals surface area contributed by atoms with E-state index in [1.165, 1.54) is 6.26 Å². The molecule has 0 radical (unpaired) electrons. The van der Waals surface area contributed by atoms with E-state index < -0.39 is 10.0 Å². The van der Waals surface area contributed by atoms with Crippen molar-refractivity contribution in [3.63, 3.8) is 0 Å². The predicted octanol–water partition coefficient (Wildman–Crippen LogP) is 2.15. The van der Waals surface area contributed by atoms with Crippen molar-refractivity contribution in [3.05, 3.63) is 47.4 Å². The maximum atomic E-state index is 12.6. The van der Waals surface area contributed by atoms with Crippen molar-refractivity contribution in [2.24, 2.45) is 0 Å². The van der Waals surface area contributed by atoms with Gasteiger partial charge in [0.2, 0.25) is 15.9 Å². The number of carbonyl (C=O) groups is 1. The van der Waals surface area contributed by atoms with Crippen molar-refractivity contribution in [2.45, 2.75) is 37.1 Å². The number of nitrogens with one attached hydrogen (secondary N) is 1. The smallest absolute Gasteiger partial charge is 0.240 e. The van der Waals surface area contributed by atoms with Gasteiger partial charge in [-0.05, 0) is 55.2 Å². The van der Waals surface area contributed by atoms with Gasteiger partial charge in [-0.1, -0.05) is 0 Å². The Morgan fingerprint density at radius 3 is 2.96 bits per heavy atom. The Bertz CT molecular complexity index is 903. The summed E-state index contributed by atoms with van der Waals surface area (Å²) >= 11 is 0. The fourth-order valence-corrected chi connectivity index (χ4v) is 4.56. The van der Waals surface area contributed by atoms with Crippen LogP contribution in [0.25, 0.3) is 0 Å². The molecule has 6 nitrogen and oxygen atoms in total. The summed E-state index contributed by atoms with van der Waals surface area (Å²) < 4.78 is 33.0. The van der Waals surface area contributed by atoms with Gasteiger partial charge in [0.1, 0.15) is 5.76 Å². The molecule has 0 saturated carbocycles. The molecule has 2 aromatic rings. The molecule has 0 spiro atoms. The van der Waals surface area contributed by atoms with Gasteiger partial charge in [0.25, 0.3) is 0 Å². The first-order chi connectivity index (χ1) is 11.5. The Labute approximate surface area is 140 Å². The molecular formula is C17H18N2O4S. The molecule has 0 aliphatic carbocycles. The summed E-state index contributed by atoms with van der Waals surface area (Å²) in [5, 5.41) is 0. The number of carbonyl (C=O) groups excluding carboxylic acids is 1. The third-order valence-electron chi connectivity index (χ3n) is 4.72. The first-order valence-electron chi connectivity index (χ1n) is 7.97. The van der Waals surface area contributed by atoms with Gasteiger partial charge in [-0.3, -0.25) is 4.79 Å². The first-order valence-corrected chi connectivity index (χ1v) is 9.46. The lowest BCUT2D eigenvalue weighted by molar-refractivity contribution is -0.119. The van der Waals surface area contributed by atoms with Crippen LogP contribution in [-0.4, -0.2) is 20.9 Å². The molecule has 1 N–H and O–H groups in total. The summed E-state index contributed by atoms with van der Waals surface area (Å²) in [6.07, 6.45) is 3.15. The number of amides is 1. The van der Waals surface area contributed by atoms with Gasteiger partial charge in [0, 0.05) is 6.54 Å². The third-order valence-corrected chi connectivity index (χ3v) is 6.10. The Balaban J connectivity index is 1.71. The number of sulfonamides is 1. The molecule has 4 rings (SSSR count). The molecule has 0 saturated heterocycles. The van der Waals surface area contributed by atoms with Crippen molar-refractivity contribution in [1.29, 1.82) is 0 Å². The summed E-state index contributed by atoms with van der Waals surface area (Å²) in [7, 11) is -3.66. The summed E-state index contributed by atoms with van der Waals surface area (Å²) in [5.41, 5.74) is 2.68. The number of hydrogen-bond acceptors (Lipinski definition) is 4. The lowest BCUT2D eigenvalue weighted by atomic mass is 9.97. The monoisotopic (exact) mass is 346 g/mol. The van der Waals surface area contributed by atoms with Crippen LogP contribution in [0, 0.1) is 0 Å². The number of benzene rings is 1. The quantitative estimate of drug-likeness (QED) is 0.920. The molecule has 3 heterocycles. The highest BCUT2D eigenvalue weighted by molar-refractivity contribution is 7.89. The number of anilines is 1. The van der Waals surface area contributed by atoms with Crippen molar-refractivity contribution >= 4 is 21.6 Å². The van der Waals surface area contributed by atoms with Gasteiger partial charge >= 0.3 is 0 Å². The first kappa shape index (κ1) is 15.4. The van der Waals surface area contributed by atoms with Gasteiger partial charge in [-0.2, -0.15) is 0 Å². The number of hydrogen-bond donors (Lipinski definition) is 1. The second-order valence-corrected chi connectivity index (χ2v) is 8.01. The van der Waals surface area contributed by atoms with E-state index in [1.807, 2.05) is 6.92 Å². The van der Waals surface area contributed by atoms with E-state index in [9.17, 15) is 13.2 Å². The highest BCUT2D eigenvalue weighted by Gasteiger charge is 2.38. The van der Waals surface area contributed by atoms with E-state index in [4.69, 9.17) is 4.42 Å². The minimum absolute atomic E-state index is 0.0593. The van der Waals surface area contributed by atoms with Gasteiger partial charge < -0.3 is 9.32 Å². The van der Waals surface area contributed by atoms with Gasteiger partial charge in [-0.25, -0.2) is 13.1 Å². The van der Waals surface area contributed by atoms with Crippen LogP contribution in [0.1, 0.15) is 36.1 Å². The average molecular weight is 346 g/mol. The highest BCUT2D eigenvalue weighted by Crippen LogP contribution is 2.43. The number of nitrogens with zero attached hydrogens (tertiary/aromatic N) is 1. The molecular weight excluding hydrogens is 328 g/mol. The summed E-state index contributed by atoms with van der Waals surface area (Å²) in [6, 6.07) is 6.76. The highest BCUT2D eigenvalue weighted by atomic mass is 32.2. The Morgan fingerprint density at radius 1 is 1.38 bits per heavy atom. The molecule has 7 heteroatoms. The molecule has 1 aromatic heterocycles. The van der Waals surface area contributed by atoms with Crippen LogP contribution in [0.4, 0.5) is 5.69 Å². The van der Waals surface area contributed by atoms with Crippen molar-refractivity contribution < 1.29 is 17.6 Å². The van der Waals surface area contributed by atoms with Crippen LogP contribution >= 0.6 is 0 Å². The van der Waals surface area contributed by atoms with E-state index >= 15 is 0 Å². The maximum Gasteiger partial charge on any atom is 0.240 e. The Kier molecular flexibility index (Phi) is 3.51. The lowest BCUT2D eigenvalue weighted by Crippen LogP contribution is -2.32. The lowest BCUT2D eigenvalue weighted by Gasteiger charge is -2.25. The summed E-state index contributed by atoms with van der Waals surface area (Å²) in [5.74, 6) is 0.317. The largest absolute Gasteiger partial charge is 0.468 e. The third kappa shape index (κ3) is 2.35. The van der Waals surface area contributed by atoms with Gasteiger partial charge in [0.05, 0.1) is 29.3 Å². The van der Waals surface area contributed by atoms with E-state index in [1.54, 1.807) is 29.2 Å². The normalized spacial score (nSPS) is 19.6. The van der Waals surface area contributed by atoms with Crippen LogP contribution in [0.15, 0.2) is 39.8 Å². The summed E-state index contributed by atoms with van der Waals surface area (Å²) in [6.45, 7) is 2.65. The fraction of sp³-hybridized carbons (Fsp3) is 0.353. The topological polar surface area (TPSA) is 79.6 Å². The second-order valence-electron chi connectivity index (χ2n) is 6.24. The zero-order chi connectivity index (χ0) is 16.9. The minimum atomic E-state index is -3.66. The molecule has 2 aliphatic heterocycles. The van der Waals surface area contributed by atoms with Crippen LogP contribution in [0.3, 0.4) is 0 Å². The van der Waals surface area contributed by atoms with Crippen molar-refractivity contribution in [1.82, 2.24) is 4.72 Å². The summed E-state index contributed by atoms with van der Waals surface area (Å²) in [4.78, 5) is 14.4. The SMILES string of the molecule is C[C@H]1C(=O)N2CCCc3cc(S(=O)(=O)NCc4ccco4)cc1c32. The van der Waals surface area contributed by atoms with Crippen LogP contribution < -0.4 is 9.62 Å². The molecule has 1 amide bonds. The van der Waals surface area contributed by atoms with Crippen molar-refractivity contribution in [2.75, 3.05) is 11.4 Å². The Hall–Kier alpha value is -2.12. The van der Waals surface area contributed by atoms with Crippen LogP contribution in [-0.2, 0) is 27.8 Å². The Morgan fingerprint density at radius 2 is 2.21 bits per heavy atom. The van der Waals surface area contributed by atoms with Crippen LogP contribution in [0.2, 0.25) is 0 Å². The second kappa shape index (κ2) is 5.46. The van der Waals surface area contributed by atoms with Crippen molar-refractivity contribution in [3.8, 4) is 0 Å². The average Bonchev–Trinajstić information content (AvgIpc) is 3.18. The van der Waals surface area contributed by atoms with Crippen LogP contribution in [0.5, 0.6) is 0 Å². The van der Waals surface area contributed by atoms with Gasteiger partial charge in [-0.15, -0.1) is 0 Å². The van der Waals surface area contributed by atoms with E-state index in [-0.39, 0.29) is 23.3 Å². The zero-order valence-corrected chi connectivity index (χ0v) is 14.1. The number of aryl methyl sites for hydroxylation is 1. The van der Waals surface area contributed by atoms with E-state index in [0.717, 1.165) is 29.7 Å². The van der Waals surface area contributed by atoms with Gasteiger partial charge in [0.15, 0.2) is 0 Å². The number of rotatable bonds is 4. The van der Waals surface area contributed by atoms with E-state index in [0.29, 0.717) is 12.3 Å². The number of furan rings is 1. The molecule has 2 aliphatic rings. The molecule has 0 bridgehead atoms. The molecule has 126 valence electrons. The van der Waals surface area contributed by atoms with E-state index in [2.05, 4.69) is 4.72 Å². The molecule has 24 heavy (non-hydrogen) atoms. The minimum Gasteiger partial charge on any atom is -0.468 e. The standard InChI is InChI=1S/C17H18N2O4S/c1-11-15-9-14(24(21,22)18-10-13-5-3-7-23-13)8-12-4-2-6-19(16(12)15)17(11)20/h3,5,7-9,11,18H,2,4,6,10H2,1H3/t11-/m1/s1. The zero-order valence-electron chi connectivity index (χ0n) is 13.3. The molecule has 0 unspecified atom stereocenters. The predicted molar refractivity (Wildman–Crippen MR) is 88.3 cm³/mol. The maximum absolute atomic E-state index is 12.6. The fourth-order valence-electron chi connectivity index (χ4n) is 3.48. The molecule has 0 fully saturated rings.